The first-order chi connectivity index (χ1) is 9.79. The summed E-state index contributed by atoms with van der Waals surface area (Å²) in [6, 6.07) is 1.22. The van der Waals surface area contributed by atoms with Crippen molar-refractivity contribution in [1.82, 2.24) is 15.5 Å². The largest absolute Gasteiger partial charge is 0.385 e. The summed E-state index contributed by atoms with van der Waals surface area (Å²) in [6.45, 7) is 4.13. The molecule has 5 nitrogen and oxygen atoms in total. The van der Waals surface area contributed by atoms with E-state index in [1.165, 1.54) is 32.1 Å². The highest BCUT2D eigenvalue weighted by molar-refractivity contribution is 5.78. The Morgan fingerprint density at radius 3 is 2.85 bits per heavy atom. The molecule has 0 spiro atoms. The molecule has 0 bridgehead atoms. The molecule has 2 rings (SSSR count). The zero-order valence-electron chi connectivity index (χ0n) is 12.7. The fraction of sp³-hybridized carbons (Fsp3) is 0.933. The van der Waals surface area contributed by atoms with Gasteiger partial charge in [0.1, 0.15) is 0 Å². The van der Waals surface area contributed by atoms with Crippen molar-refractivity contribution in [1.29, 1.82) is 0 Å². The molecule has 2 fully saturated rings. The van der Waals surface area contributed by atoms with Crippen LogP contribution in [0, 0.1) is 0 Å². The number of ether oxygens (including phenoxy) is 1. The van der Waals surface area contributed by atoms with Crippen molar-refractivity contribution in [2.75, 3.05) is 39.9 Å². The van der Waals surface area contributed by atoms with E-state index in [1.54, 1.807) is 7.11 Å². The first-order valence-corrected chi connectivity index (χ1v) is 8.02. The zero-order chi connectivity index (χ0) is 14.2. The number of hydrogen-bond donors (Lipinski definition) is 2. The van der Waals surface area contributed by atoms with Gasteiger partial charge in [-0.25, -0.2) is 0 Å². The third-order valence-corrected chi connectivity index (χ3v) is 4.12. The van der Waals surface area contributed by atoms with E-state index in [2.05, 4.69) is 15.5 Å². The molecule has 0 radical (unpaired) electrons. The number of piperidine rings is 1. The lowest BCUT2D eigenvalue weighted by Crippen LogP contribution is -2.47. The molecule has 1 atom stereocenters. The Morgan fingerprint density at radius 2 is 2.20 bits per heavy atom. The van der Waals surface area contributed by atoms with Gasteiger partial charge in [-0.15, -0.1) is 0 Å². The highest BCUT2D eigenvalue weighted by Crippen LogP contribution is 2.27. The summed E-state index contributed by atoms with van der Waals surface area (Å²) in [5.74, 6) is 0.156. The average Bonchev–Trinajstić information content (AvgIpc) is 3.29. The summed E-state index contributed by atoms with van der Waals surface area (Å²) in [5.41, 5.74) is 0. The van der Waals surface area contributed by atoms with Crippen LogP contribution in [0.4, 0.5) is 0 Å². The van der Waals surface area contributed by atoms with E-state index in [4.69, 9.17) is 4.74 Å². The Bertz CT molecular complexity index is 289. The number of nitrogens with one attached hydrogen (secondary N) is 2. The summed E-state index contributed by atoms with van der Waals surface area (Å²) < 4.78 is 4.98. The lowest BCUT2D eigenvalue weighted by molar-refractivity contribution is -0.122. The van der Waals surface area contributed by atoms with Crippen LogP contribution in [0.25, 0.3) is 0 Å². The van der Waals surface area contributed by atoms with Crippen molar-refractivity contribution < 1.29 is 9.53 Å². The normalized spacial score (nSPS) is 23.0. The van der Waals surface area contributed by atoms with E-state index in [-0.39, 0.29) is 5.91 Å². The van der Waals surface area contributed by atoms with Crippen LogP contribution in [-0.2, 0) is 9.53 Å². The molecule has 0 aromatic rings. The molecular formula is C15H29N3O2. The lowest BCUT2D eigenvalue weighted by atomic mass is 10.0. The molecule has 2 aliphatic rings. The summed E-state index contributed by atoms with van der Waals surface area (Å²) in [7, 11) is 1.69. The second-order valence-electron chi connectivity index (χ2n) is 6.00. The monoisotopic (exact) mass is 283 g/mol. The fourth-order valence-electron chi connectivity index (χ4n) is 2.83. The van der Waals surface area contributed by atoms with Crippen molar-refractivity contribution in [3.8, 4) is 0 Å². The van der Waals surface area contributed by atoms with Crippen molar-refractivity contribution in [2.24, 2.45) is 0 Å². The Hall–Kier alpha value is -0.650. The van der Waals surface area contributed by atoms with Gasteiger partial charge >= 0.3 is 0 Å². The summed E-state index contributed by atoms with van der Waals surface area (Å²) >= 11 is 0. The Balaban J connectivity index is 1.67. The first-order valence-electron chi connectivity index (χ1n) is 8.02. The van der Waals surface area contributed by atoms with Crippen LogP contribution in [0.5, 0.6) is 0 Å². The fourth-order valence-corrected chi connectivity index (χ4v) is 2.83. The Labute approximate surface area is 122 Å². The van der Waals surface area contributed by atoms with Crippen LogP contribution in [0.3, 0.4) is 0 Å². The summed E-state index contributed by atoms with van der Waals surface area (Å²) in [6.07, 6.45) is 7.25. The maximum absolute atomic E-state index is 12.0. The molecule has 1 saturated carbocycles. The minimum absolute atomic E-state index is 0.156. The van der Waals surface area contributed by atoms with Gasteiger partial charge in [-0.1, -0.05) is 6.42 Å². The van der Waals surface area contributed by atoms with Crippen molar-refractivity contribution in [2.45, 2.75) is 50.6 Å². The van der Waals surface area contributed by atoms with Crippen molar-refractivity contribution >= 4 is 5.91 Å². The maximum Gasteiger partial charge on any atom is 0.234 e. The molecule has 1 saturated heterocycles. The Morgan fingerprint density at radius 1 is 1.35 bits per heavy atom. The second-order valence-corrected chi connectivity index (χ2v) is 6.00. The highest BCUT2D eigenvalue weighted by atomic mass is 16.5. The van der Waals surface area contributed by atoms with E-state index in [0.29, 0.717) is 31.8 Å². The number of amides is 1. The first kappa shape index (κ1) is 15.7. The van der Waals surface area contributed by atoms with Crippen LogP contribution >= 0.6 is 0 Å². The molecule has 0 aromatic carbocycles. The van der Waals surface area contributed by atoms with Crippen LogP contribution in [0.2, 0.25) is 0 Å². The van der Waals surface area contributed by atoms with Gasteiger partial charge in [0.2, 0.25) is 5.91 Å². The number of rotatable bonds is 9. The van der Waals surface area contributed by atoms with Crippen molar-refractivity contribution in [3.05, 3.63) is 0 Å². The lowest BCUT2D eigenvalue weighted by Gasteiger charge is -2.30. The number of methoxy groups -OCH3 is 1. The molecule has 1 unspecified atom stereocenters. The zero-order valence-corrected chi connectivity index (χ0v) is 12.7. The average molecular weight is 283 g/mol. The number of hydrogen-bond acceptors (Lipinski definition) is 4. The van der Waals surface area contributed by atoms with Gasteiger partial charge in [-0.3, -0.25) is 9.69 Å². The third-order valence-electron chi connectivity index (χ3n) is 4.12. The van der Waals surface area contributed by atoms with Crippen molar-refractivity contribution in [3.63, 3.8) is 0 Å². The minimum Gasteiger partial charge on any atom is -0.385 e. The summed E-state index contributed by atoms with van der Waals surface area (Å²) in [4.78, 5) is 14.3. The second kappa shape index (κ2) is 8.60. The quantitative estimate of drug-likeness (QED) is 0.613. The topological polar surface area (TPSA) is 53.6 Å². The van der Waals surface area contributed by atoms with Gasteiger partial charge in [0.05, 0.1) is 6.54 Å². The van der Waals surface area contributed by atoms with E-state index in [9.17, 15) is 4.79 Å². The molecule has 20 heavy (non-hydrogen) atoms. The van der Waals surface area contributed by atoms with Gasteiger partial charge < -0.3 is 15.4 Å². The third kappa shape index (κ3) is 5.77. The van der Waals surface area contributed by atoms with Crippen LogP contribution < -0.4 is 10.6 Å². The van der Waals surface area contributed by atoms with Gasteiger partial charge in [-0.05, 0) is 38.6 Å². The predicted octanol–water partition coefficient (Wildman–Crippen LogP) is 0.746. The van der Waals surface area contributed by atoms with E-state index < -0.39 is 0 Å². The molecule has 1 heterocycles. The molecule has 116 valence electrons. The van der Waals surface area contributed by atoms with Crippen LogP contribution in [-0.4, -0.2) is 62.8 Å². The van der Waals surface area contributed by atoms with Gasteiger partial charge in [0.15, 0.2) is 0 Å². The molecule has 5 heteroatoms. The van der Waals surface area contributed by atoms with E-state index >= 15 is 0 Å². The van der Waals surface area contributed by atoms with Gasteiger partial charge in [-0.2, -0.15) is 0 Å². The molecule has 1 amide bonds. The molecule has 0 aromatic heterocycles. The summed E-state index contributed by atoms with van der Waals surface area (Å²) in [5, 5.41) is 6.56. The molecular weight excluding hydrogens is 254 g/mol. The van der Waals surface area contributed by atoms with Gasteiger partial charge in [0.25, 0.3) is 0 Å². The standard InChI is InChI=1S/C15H29N3O2/c1-20-10-4-9-17-15(19)12-18(14-6-7-14)11-13-5-2-3-8-16-13/h13-14,16H,2-12H2,1H3,(H,17,19). The SMILES string of the molecule is COCCCNC(=O)CN(CC1CCCCN1)C1CC1. The Kier molecular flexibility index (Phi) is 6.76. The van der Waals surface area contributed by atoms with Crippen LogP contribution in [0.1, 0.15) is 38.5 Å². The van der Waals surface area contributed by atoms with E-state index in [0.717, 1.165) is 19.5 Å². The molecule has 1 aliphatic carbocycles. The number of carbonyl (C=O) groups excluding carboxylic acids is 1. The smallest absolute Gasteiger partial charge is 0.234 e. The van der Waals surface area contributed by atoms with Crippen LogP contribution in [0.15, 0.2) is 0 Å². The molecule has 1 aliphatic heterocycles. The molecule has 2 N–H and O–H groups in total. The number of nitrogens with zero attached hydrogens (tertiary/aromatic N) is 1. The predicted molar refractivity (Wildman–Crippen MR) is 79.7 cm³/mol. The van der Waals surface area contributed by atoms with Gasteiger partial charge in [0, 0.05) is 38.9 Å². The maximum atomic E-state index is 12.0. The minimum atomic E-state index is 0.156. The van der Waals surface area contributed by atoms with E-state index in [1.807, 2.05) is 0 Å². The number of carbonyl (C=O) groups is 1. The highest BCUT2D eigenvalue weighted by Gasteiger charge is 2.31.